The summed E-state index contributed by atoms with van der Waals surface area (Å²) in [5, 5.41) is 6.03. The van der Waals surface area contributed by atoms with E-state index in [1.807, 2.05) is 11.3 Å². The minimum absolute atomic E-state index is 0.474. The van der Waals surface area contributed by atoms with Gasteiger partial charge in [0.15, 0.2) is 0 Å². The largest absolute Gasteiger partial charge is 0.311 e. The van der Waals surface area contributed by atoms with Gasteiger partial charge in [-0.25, -0.2) is 0 Å². The quantitative estimate of drug-likeness (QED) is 0.844. The van der Waals surface area contributed by atoms with Crippen molar-refractivity contribution in [2.45, 2.75) is 65.0 Å². The second-order valence-electron chi connectivity index (χ2n) is 6.14. The van der Waals surface area contributed by atoms with Crippen molar-refractivity contribution >= 4 is 11.3 Å². The lowest BCUT2D eigenvalue weighted by Crippen LogP contribution is -2.48. The van der Waals surface area contributed by atoms with Crippen LogP contribution in [0, 0.1) is 5.41 Å². The first-order valence-corrected chi connectivity index (χ1v) is 7.74. The summed E-state index contributed by atoms with van der Waals surface area (Å²) in [5.74, 6) is 0. The van der Waals surface area contributed by atoms with Crippen LogP contribution in [0.4, 0.5) is 0 Å². The van der Waals surface area contributed by atoms with Gasteiger partial charge < -0.3 is 5.32 Å². The van der Waals surface area contributed by atoms with Crippen molar-refractivity contribution in [1.82, 2.24) is 5.32 Å². The molecule has 1 aromatic heterocycles. The van der Waals surface area contributed by atoms with E-state index in [0.717, 1.165) is 0 Å². The summed E-state index contributed by atoms with van der Waals surface area (Å²) >= 11 is 1.87. The Morgan fingerprint density at radius 2 is 2.29 bits per heavy atom. The lowest BCUT2D eigenvalue weighted by Gasteiger charge is -2.40. The third-order valence-electron chi connectivity index (χ3n) is 4.08. The molecule has 17 heavy (non-hydrogen) atoms. The van der Waals surface area contributed by atoms with E-state index in [4.69, 9.17) is 0 Å². The molecule has 2 rings (SSSR count). The van der Waals surface area contributed by atoms with E-state index in [1.54, 1.807) is 0 Å². The predicted molar refractivity (Wildman–Crippen MR) is 76.7 cm³/mol. The van der Waals surface area contributed by atoms with E-state index in [0.29, 0.717) is 17.5 Å². The van der Waals surface area contributed by atoms with Crippen molar-refractivity contribution < 1.29 is 0 Å². The monoisotopic (exact) mass is 251 g/mol. The van der Waals surface area contributed by atoms with Crippen molar-refractivity contribution in [3.8, 4) is 0 Å². The SMILES string of the molecule is CC(Cc1cccs1)NC1CCCCC1(C)C. The molecule has 0 aliphatic heterocycles. The Morgan fingerprint density at radius 1 is 1.47 bits per heavy atom. The maximum atomic E-state index is 3.85. The lowest BCUT2D eigenvalue weighted by molar-refractivity contribution is 0.157. The van der Waals surface area contributed by atoms with Gasteiger partial charge in [0.05, 0.1) is 0 Å². The molecule has 0 aromatic carbocycles. The summed E-state index contributed by atoms with van der Waals surface area (Å²) in [4.78, 5) is 1.50. The van der Waals surface area contributed by atoms with Crippen molar-refractivity contribution in [2.75, 3.05) is 0 Å². The third-order valence-corrected chi connectivity index (χ3v) is 4.98. The van der Waals surface area contributed by atoms with Crippen LogP contribution in [0.25, 0.3) is 0 Å². The molecule has 0 bridgehead atoms. The normalized spacial score (nSPS) is 25.7. The molecule has 96 valence electrons. The fraction of sp³-hybridized carbons (Fsp3) is 0.733. The minimum Gasteiger partial charge on any atom is -0.311 e. The van der Waals surface area contributed by atoms with E-state index in [1.165, 1.54) is 37.0 Å². The Bertz CT molecular complexity index is 329. The van der Waals surface area contributed by atoms with Crippen LogP contribution in [0.3, 0.4) is 0 Å². The van der Waals surface area contributed by atoms with Crippen LogP contribution in [0.5, 0.6) is 0 Å². The number of thiophene rings is 1. The van der Waals surface area contributed by atoms with Gasteiger partial charge in [-0.15, -0.1) is 11.3 Å². The number of hydrogen-bond donors (Lipinski definition) is 1. The molecule has 1 saturated carbocycles. The third kappa shape index (κ3) is 3.56. The summed E-state index contributed by atoms with van der Waals surface area (Å²) in [5.41, 5.74) is 0.474. The van der Waals surface area contributed by atoms with Gasteiger partial charge in [0, 0.05) is 17.0 Å². The Kier molecular flexibility index (Phi) is 4.26. The first kappa shape index (κ1) is 13.1. The number of nitrogens with one attached hydrogen (secondary N) is 1. The van der Waals surface area contributed by atoms with Crippen LogP contribution in [0.15, 0.2) is 17.5 Å². The Morgan fingerprint density at radius 3 is 2.94 bits per heavy atom. The summed E-state index contributed by atoms with van der Waals surface area (Å²) in [6, 6.07) is 5.69. The van der Waals surface area contributed by atoms with Crippen LogP contribution >= 0.6 is 11.3 Å². The summed E-state index contributed by atoms with van der Waals surface area (Å²) < 4.78 is 0. The molecule has 2 heteroatoms. The maximum Gasteiger partial charge on any atom is 0.0121 e. The molecule has 0 radical (unpaired) electrons. The van der Waals surface area contributed by atoms with Crippen LogP contribution in [0.2, 0.25) is 0 Å². The summed E-state index contributed by atoms with van der Waals surface area (Å²) in [6.45, 7) is 7.16. The summed E-state index contributed by atoms with van der Waals surface area (Å²) in [7, 11) is 0. The van der Waals surface area contributed by atoms with E-state index in [-0.39, 0.29) is 0 Å². The second kappa shape index (κ2) is 5.53. The smallest absolute Gasteiger partial charge is 0.0121 e. The van der Waals surface area contributed by atoms with E-state index < -0.39 is 0 Å². The Hall–Kier alpha value is -0.340. The van der Waals surface area contributed by atoms with Gasteiger partial charge in [-0.3, -0.25) is 0 Å². The molecule has 1 N–H and O–H groups in total. The second-order valence-corrected chi connectivity index (χ2v) is 7.17. The summed E-state index contributed by atoms with van der Waals surface area (Å²) in [6.07, 6.45) is 6.69. The van der Waals surface area contributed by atoms with Gasteiger partial charge in [0.25, 0.3) is 0 Å². The molecule has 0 spiro atoms. The zero-order valence-electron chi connectivity index (χ0n) is 11.3. The first-order chi connectivity index (χ1) is 8.08. The average molecular weight is 251 g/mol. The Balaban J connectivity index is 1.87. The zero-order valence-corrected chi connectivity index (χ0v) is 12.1. The molecular formula is C15H25NS. The zero-order chi connectivity index (χ0) is 12.3. The van der Waals surface area contributed by atoms with Crippen LogP contribution < -0.4 is 5.32 Å². The highest BCUT2D eigenvalue weighted by atomic mass is 32.1. The lowest BCUT2D eigenvalue weighted by atomic mass is 9.73. The van der Waals surface area contributed by atoms with E-state index in [2.05, 4.69) is 43.6 Å². The molecule has 1 fully saturated rings. The average Bonchev–Trinajstić information content (AvgIpc) is 2.73. The van der Waals surface area contributed by atoms with Crippen LogP contribution in [-0.4, -0.2) is 12.1 Å². The molecule has 1 aromatic rings. The fourth-order valence-corrected chi connectivity index (χ4v) is 3.77. The fourth-order valence-electron chi connectivity index (χ4n) is 2.94. The highest BCUT2D eigenvalue weighted by Gasteiger charge is 2.32. The topological polar surface area (TPSA) is 12.0 Å². The molecule has 0 amide bonds. The first-order valence-electron chi connectivity index (χ1n) is 6.86. The number of rotatable bonds is 4. The van der Waals surface area contributed by atoms with Crippen LogP contribution in [-0.2, 0) is 6.42 Å². The molecule has 2 atom stereocenters. The standard InChI is InChI=1S/C15H25NS/c1-12(11-13-7-6-10-17-13)16-14-8-4-5-9-15(14,2)3/h6-7,10,12,14,16H,4-5,8-9,11H2,1-3H3. The van der Waals surface area contributed by atoms with Crippen molar-refractivity contribution in [1.29, 1.82) is 0 Å². The van der Waals surface area contributed by atoms with Crippen LogP contribution in [0.1, 0.15) is 51.3 Å². The number of hydrogen-bond acceptors (Lipinski definition) is 2. The Labute approximate surface area is 110 Å². The van der Waals surface area contributed by atoms with Gasteiger partial charge in [-0.05, 0) is 43.0 Å². The molecule has 0 saturated heterocycles. The van der Waals surface area contributed by atoms with Crippen molar-refractivity contribution in [2.24, 2.45) is 5.41 Å². The molecule has 1 aliphatic carbocycles. The maximum absolute atomic E-state index is 3.85. The highest BCUT2D eigenvalue weighted by Crippen LogP contribution is 2.35. The molecule has 1 aliphatic rings. The van der Waals surface area contributed by atoms with E-state index >= 15 is 0 Å². The molecule has 2 unspecified atom stereocenters. The van der Waals surface area contributed by atoms with Gasteiger partial charge in [-0.2, -0.15) is 0 Å². The van der Waals surface area contributed by atoms with Gasteiger partial charge >= 0.3 is 0 Å². The van der Waals surface area contributed by atoms with E-state index in [9.17, 15) is 0 Å². The van der Waals surface area contributed by atoms with Crippen molar-refractivity contribution in [3.63, 3.8) is 0 Å². The predicted octanol–water partition coefficient (Wildman–Crippen LogP) is 4.24. The van der Waals surface area contributed by atoms with Gasteiger partial charge in [-0.1, -0.05) is 32.8 Å². The van der Waals surface area contributed by atoms with Crippen molar-refractivity contribution in [3.05, 3.63) is 22.4 Å². The molecular weight excluding hydrogens is 226 g/mol. The highest BCUT2D eigenvalue weighted by molar-refractivity contribution is 7.09. The van der Waals surface area contributed by atoms with Gasteiger partial charge in [0.2, 0.25) is 0 Å². The molecule has 1 heterocycles. The molecule has 1 nitrogen and oxygen atoms in total. The minimum atomic E-state index is 0.474. The van der Waals surface area contributed by atoms with Gasteiger partial charge in [0.1, 0.15) is 0 Å².